The minimum Gasteiger partial charge on any atom is -0.390 e. The van der Waals surface area contributed by atoms with Gasteiger partial charge >= 0.3 is 0 Å². The van der Waals surface area contributed by atoms with Crippen molar-refractivity contribution in [3.63, 3.8) is 0 Å². The summed E-state index contributed by atoms with van der Waals surface area (Å²) in [6.07, 6.45) is 0. The van der Waals surface area contributed by atoms with Gasteiger partial charge in [-0.2, -0.15) is 0 Å². The molecule has 0 spiro atoms. The van der Waals surface area contributed by atoms with Gasteiger partial charge in [-0.1, -0.05) is 41.5 Å². The molecular weight excluding hydrogens is 421 g/mol. The van der Waals surface area contributed by atoms with Gasteiger partial charge in [0.2, 0.25) is 0 Å². The van der Waals surface area contributed by atoms with Crippen molar-refractivity contribution in [2.24, 2.45) is 17.8 Å². The summed E-state index contributed by atoms with van der Waals surface area (Å²) in [5.74, 6) is 1.06. The summed E-state index contributed by atoms with van der Waals surface area (Å²) in [4.78, 5) is 0. The fourth-order valence-electron chi connectivity index (χ4n) is 0. The van der Waals surface area contributed by atoms with Crippen LogP contribution in [-0.2, 0) is 0 Å². The molecule has 0 atom stereocenters. The summed E-state index contributed by atoms with van der Waals surface area (Å²) in [7, 11) is 0. The summed E-state index contributed by atoms with van der Waals surface area (Å²) >= 11 is 0. The smallest absolute Gasteiger partial charge is 0.0614 e. The molecule has 0 saturated heterocycles. The molecule has 0 aliphatic carbocycles. The van der Waals surface area contributed by atoms with E-state index in [1.54, 1.807) is 0 Å². The molecule has 0 aromatic heterocycles. The summed E-state index contributed by atoms with van der Waals surface area (Å²) < 4.78 is 0. The first-order chi connectivity index (χ1) is 8.83. The van der Waals surface area contributed by atoms with E-state index in [0.717, 1.165) is 0 Å². The molecule has 0 aliphatic heterocycles. The van der Waals surface area contributed by atoms with Gasteiger partial charge in [-0.25, -0.2) is 0 Å². The van der Waals surface area contributed by atoms with Gasteiger partial charge in [-0.3, -0.25) is 0 Å². The molecule has 0 aromatic carbocycles. The third-order valence-electron chi connectivity index (χ3n) is 4.24. The van der Waals surface area contributed by atoms with Crippen molar-refractivity contribution in [2.75, 3.05) is 0 Å². The maximum absolute atomic E-state index is 9.09. The topological polar surface area (TPSA) is 60.7 Å². The van der Waals surface area contributed by atoms with E-state index in [4.69, 9.17) is 15.3 Å². The van der Waals surface area contributed by atoms with E-state index >= 15 is 0 Å². The van der Waals surface area contributed by atoms with Crippen LogP contribution >= 0.6 is 0 Å². The van der Waals surface area contributed by atoms with Gasteiger partial charge < -0.3 is 15.3 Å². The van der Waals surface area contributed by atoms with Gasteiger partial charge in [0.1, 0.15) is 0 Å². The Kier molecular flexibility index (Phi) is 17.7. The van der Waals surface area contributed by atoms with Crippen LogP contribution < -0.4 is 0 Å². The van der Waals surface area contributed by atoms with E-state index in [9.17, 15) is 0 Å². The van der Waals surface area contributed by atoms with Crippen LogP contribution in [0.25, 0.3) is 0 Å². The molecule has 22 heavy (non-hydrogen) atoms. The van der Waals surface area contributed by atoms with Gasteiger partial charge in [-0.15, -0.1) is 0 Å². The second-order valence-corrected chi connectivity index (χ2v) is 8.43. The summed E-state index contributed by atoms with van der Waals surface area (Å²) in [5.41, 5.74) is -1.50. The zero-order valence-corrected chi connectivity index (χ0v) is 19.2. The molecule has 0 fully saturated rings. The van der Waals surface area contributed by atoms with Crippen LogP contribution in [0.1, 0.15) is 83.1 Å². The van der Waals surface area contributed by atoms with Gasteiger partial charge in [-0.05, 0) is 59.3 Å². The minimum absolute atomic E-state index is 0. The zero-order chi connectivity index (χ0) is 18.2. The molecule has 140 valence electrons. The Hall–Kier alpha value is 1.20. The van der Waals surface area contributed by atoms with Crippen molar-refractivity contribution in [1.82, 2.24) is 0 Å². The van der Waals surface area contributed by atoms with Gasteiger partial charge in [0.25, 0.3) is 0 Å². The minimum atomic E-state index is -0.500. The molecule has 0 bridgehead atoms. The fourth-order valence-corrected chi connectivity index (χ4v) is 0. The fraction of sp³-hybridized carbons (Fsp3) is 1.00. The monoisotopic (exact) mass is 464 g/mol. The van der Waals surface area contributed by atoms with Crippen molar-refractivity contribution in [3.05, 3.63) is 0 Å². The average molecular weight is 464 g/mol. The second kappa shape index (κ2) is 12.6. The van der Waals surface area contributed by atoms with Crippen LogP contribution in [0.5, 0.6) is 0 Å². The standard InChI is InChI=1S/3C6H14O.Gd/c3*1-5(2)6(3,4)7;/h3*5,7H,1-4H3;. The predicted octanol–water partition coefficient (Wildman–Crippen LogP) is 4.24. The van der Waals surface area contributed by atoms with Crippen LogP contribution in [-0.4, -0.2) is 32.1 Å². The molecule has 3 N–H and O–H groups in total. The Bertz CT molecular complexity index is 198. The molecule has 0 rings (SSSR count). The number of rotatable bonds is 3. The van der Waals surface area contributed by atoms with Crippen LogP contribution in [0, 0.1) is 57.7 Å². The van der Waals surface area contributed by atoms with Crippen molar-refractivity contribution < 1.29 is 55.3 Å². The molecule has 0 aromatic rings. The molecule has 0 aliphatic rings. The predicted molar refractivity (Wildman–Crippen MR) is 93.4 cm³/mol. The summed E-state index contributed by atoms with van der Waals surface area (Å²) in [6.45, 7) is 22.9. The van der Waals surface area contributed by atoms with Crippen LogP contribution in [0.2, 0.25) is 0 Å². The first-order valence-electron chi connectivity index (χ1n) is 8.00. The number of hydrogen-bond donors (Lipinski definition) is 3. The number of aliphatic hydroxyl groups is 3. The van der Waals surface area contributed by atoms with E-state index in [1.165, 1.54) is 0 Å². The Labute approximate surface area is 172 Å². The molecule has 0 saturated carbocycles. The van der Waals surface area contributed by atoms with Crippen molar-refractivity contribution in [3.8, 4) is 0 Å². The third kappa shape index (κ3) is 23.5. The van der Waals surface area contributed by atoms with E-state index < -0.39 is 16.8 Å². The van der Waals surface area contributed by atoms with E-state index in [0.29, 0.717) is 17.8 Å². The quantitative estimate of drug-likeness (QED) is 0.587. The third-order valence-corrected chi connectivity index (χ3v) is 4.24. The normalized spacial score (nSPS) is 12.3. The Balaban J connectivity index is -0.000000108. The van der Waals surface area contributed by atoms with Crippen LogP contribution in [0.3, 0.4) is 0 Å². The maximum atomic E-state index is 9.09. The van der Waals surface area contributed by atoms with Crippen molar-refractivity contribution in [2.45, 2.75) is 99.9 Å². The van der Waals surface area contributed by atoms with E-state index in [-0.39, 0.29) is 39.9 Å². The Morgan fingerprint density at radius 2 is 0.500 bits per heavy atom. The molecule has 4 heteroatoms. The molecular formula is C18H42GdO3. The van der Waals surface area contributed by atoms with E-state index in [1.807, 2.05) is 83.1 Å². The van der Waals surface area contributed by atoms with Crippen LogP contribution in [0.4, 0.5) is 0 Å². The summed E-state index contributed by atoms with van der Waals surface area (Å²) in [6, 6.07) is 0. The zero-order valence-electron chi connectivity index (χ0n) is 16.9. The van der Waals surface area contributed by atoms with Crippen LogP contribution in [0.15, 0.2) is 0 Å². The SMILES string of the molecule is CC(C)C(C)(C)O.CC(C)C(C)(C)O.CC(C)C(C)(C)O.[Gd]. The van der Waals surface area contributed by atoms with Gasteiger partial charge in [0.05, 0.1) is 16.8 Å². The molecule has 0 radical (unpaired) electrons. The summed E-state index contributed by atoms with van der Waals surface area (Å²) in [5, 5.41) is 27.3. The first-order valence-corrected chi connectivity index (χ1v) is 8.00. The van der Waals surface area contributed by atoms with Gasteiger partial charge in [0.15, 0.2) is 0 Å². The maximum Gasteiger partial charge on any atom is 0.0614 e. The molecule has 3 nitrogen and oxygen atoms in total. The Morgan fingerprint density at radius 1 is 0.455 bits per heavy atom. The Morgan fingerprint density at radius 3 is 0.500 bits per heavy atom. The molecule has 0 heterocycles. The largest absolute Gasteiger partial charge is 0.390 e. The van der Waals surface area contributed by atoms with Crippen molar-refractivity contribution in [1.29, 1.82) is 0 Å². The molecule has 0 unspecified atom stereocenters. The number of hydrogen-bond acceptors (Lipinski definition) is 3. The van der Waals surface area contributed by atoms with Gasteiger partial charge in [0, 0.05) is 39.9 Å². The van der Waals surface area contributed by atoms with Crippen molar-refractivity contribution >= 4 is 0 Å². The van der Waals surface area contributed by atoms with E-state index in [2.05, 4.69) is 0 Å². The first kappa shape index (κ1) is 31.0. The second-order valence-electron chi connectivity index (χ2n) is 8.43. The molecule has 0 amide bonds. The average Bonchev–Trinajstić information content (AvgIpc) is 2.14.